The van der Waals surface area contributed by atoms with E-state index in [0.29, 0.717) is 19.8 Å². The van der Waals surface area contributed by atoms with E-state index in [1.165, 1.54) is 0 Å². The molecule has 0 saturated carbocycles. The lowest BCUT2D eigenvalue weighted by Crippen LogP contribution is -2.52. The van der Waals surface area contributed by atoms with Crippen LogP contribution in [-0.2, 0) is 20.9 Å². The molecule has 1 heterocycles. The number of carbonyl (C=O) groups is 2. The summed E-state index contributed by atoms with van der Waals surface area (Å²) >= 11 is 0. The van der Waals surface area contributed by atoms with Crippen molar-refractivity contribution >= 4 is 23.4 Å². The number of ether oxygens (including phenoxy) is 2. The van der Waals surface area contributed by atoms with Crippen LogP contribution in [0.25, 0.3) is 0 Å². The molecule has 0 aromatic heterocycles. The van der Waals surface area contributed by atoms with E-state index in [2.05, 4.69) is 10.6 Å². The zero-order valence-electron chi connectivity index (χ0n) is 17.7. The molecule has 0 radical (unpaired) electrons. The van der Waals surface area contributed by atoms with Gasteiger partial charge in [-0.25, -0.2) is 4.79 Å². The van der Waals surface area contributed by atoms with Crippen molar-refractivity contribution in [3.63, 3.8) is 0 Å². The summed E-state index contributed by atoms with van der Waals surface area (Å²) in [5.41, 5.74) is 2.03. The monoisotopic (exact) mass is 411 g/mol. The molecule has 0 fully saturated rings. The number of hydrogen-bond acceptors (Lipinski definition) is 5. The molecule has 1 unspecified atom stereocenters. The second-order valence-corrected chi connectivity index (χ2v) is 8.12. The van der Waals surface area contributed by atoms with Gasteiger partial charge in [0.25, 0.3) is 5.91 Å². The van der Waals surface area contributed by atoms with E-state index in [1.807, 2.05) is 54.6 Å². The summed E-state index contributed by atoms with van der Waals surface area (Å²) in [4.78, 5) is 27.1. The highest BCUT2D eigenvalue weighted by atomic mass is 16.6. The number of carbonyl (C=O) groups excluding carboxylic acids is 2. The van der Waals surface area contributed by atoms with Crippen LogP contribution < -0.4 is 15.5 Å². The van der Waals surface area contributed by atoms with Crippen molar-refractivity contribution in [1.82, 2.24) is 5.32 Å². The minimum absolute atomic E-state index is 0.207. The molecule has 7 nitrogen and oxygen atoms in total. The first-order chi connectivity index (χ1) is 14.3. The predicted molar refractivity (Wildman–Crippen MR) is 117 cm³/mol. The standard InChI is InChI=1S/C23H29N3O4/c1-23(2,3)30-22(28)25-19-15-24-18-11-7-8-12-20(18)26(21(19)27)13-14-29-16-17-9-5-4-6-10-17/h4-12,19,24H,13-16H2,1-3H3,(H,25,28). The van der Waals surface area contributed by atoms with E-state index in [0.717, 1.165) is 16.9 Å². The largest absolute Gasteiger partial charge is 0.444 e. The van der Waals surface area contributed by atoms with E-state index in [-0.39, 0.29) is 12.5 Å². The molecule has 1 atom stereocenters. The van der Waals surface area contributed by atoms with E-state index >= 15 is 0 Å². The van der Waals surface area contributed by atoms with Crippen molar-refractivity contribution in [2.75, 3.05) is 29.9 Å². The number of hydrogen-bond donors (Lipinski definition) is 2. The Hall–Kier alpha value is -3.06. The Morgan fingerprint density at radius 1 is 1.13 bits per heavy atom. The summed E-state index contributed by atoms with van der Waals surface area (Å²) in [5, 5.41) is 5.94. The molecule has 0 saturated heterocycles. The lowest BCUT2D eigenvalue weighted by Gasteiger charge is -2.26. The molecule has 2 N–H and O–H groups in total. The quantitative estimate of drug-likeness (QED) is 0.711. The third-order valence-electron chi connectivity index (χ3n) is 4.52. The van der Waals surface area contributed by atoms with Crippen LogP contribution in [0.4, 0.5) is 16.2 Å². The van der Waals surface area contributed by atoms with Crippen LogP contribution in [0.1, 0.15) is 26.3 Å². The van der Waals surface area contributed by atoms with E-state index in [4.69, 9.17) is 9.47 Å². The first kappa shape index (κ1) is 21.6. The van der Waals surface area contributed by atoms with Gasteiger partial charge in [-0.1, -0.05) is 42.5 Å². The van der Waals surface area contributed by atoms with Gasteiger partial charge in [0.2, 0.25) is 0 Å². The van der Waals surface area contributed by atoms with Crippen LogP contribution in [0, 0.1) is 0 Å². The van der Waals surface area contributed by atoms with Crippen LogP contribution in [0.15, 0.2) is 54.6 Å². The smallest absolute Gasteiger partial charge is 0.408 e. The molecule has 3 rings (SSSR count). The fourth-order valence-corrected chi connectivity index (χ4v) is 3.18. The second-order valence-electron chi connectivity index (χ2n) is 8.12. The van der Waals surface area contributed by atoms with E-state index in [1.54, 1.807) is 25.7 Å². The Morgan fingerprint density at radius 3 is 2.57 bits per heavy atom. The van der Waals surface area contributed by atoms with Gasteiger partial charge in [-0.15, -0.1) is 0 Å². The minimum atomic E-state index is -0.749. The zero-order chi connectivity index (χ0) is 21.6. The maximum Gasteiger partial charge on any atom is 0.408 e. The van der Waals surface area contributed by atoms with Crippen LogP contribution in [0.5, 0.6) is 0 Å². The Labute approximate surface area is 177 Å². The number of para-hydroxylation sites is 2. The van der Waals surface area contributed by atoms with Crippen molar-refractivity contribution < 1.29 is 19.1 Å². The maximum absolute atomic E-state index is 13.2. The Bertz CT molecular complexity index is 864. The number of amides is 2. The highest BCUT2D eigenvalue weighted by Gasteiger charge is 2.32. The molecule has 0 spiro atoms. The SMILES string of the molecule is CC(C)(C)OC(=O)NC1CNc2ccccc2N(CCOCc2ccccc2)C1=O. The predicted octanol–water partition coefficient (Wildman–Crippen LogP) is 3.56. The minimum Gasteiger partial charge on any atom is -0.444 e. The normalized spacial score (nSPS) is 16.3. The van der Waals surface area contributed by atoms with Gasteiger partial charge in [-0.2, -0.15) is 0 Å². The Balaban J connectivity index is 1.67. The molecule has 7 heteroatoms. The molecular weight excluding hydrogens is 382 g/mol. The summed E-state index contributed by atoms with van der Waals surface area (Å²) in [5.74, 6) is -0.207. The average Bonchev–Trinajstić information content (AvgIpc) is 2.82. The van der Waals surface area contributed by atoms with Crippen molar-refractivity contribution in [2.24, 2.45) is 0 Å². The van der Waals surface area contributed by atoms with Gasteiger partial charge in [-0.3, -0.25) is 4.79 Å². The molecule has 160 valence electrons. The first-order valence-corrected chi connectivity index (χ1v) is 10.1. The summed E-state index contributed by atoms with van der Waals surface area (Å²) in [6.45, 7) is 6.84. The fraction of sp³-hybridized carbons (Fsp3) is 0.391. The van der Waals surface area contributed by atoms with E-state index < -0.39 is 17.7 Å². The van der Waals surface area contributed by atoms with Gasteiger partial charge in [0.1, 0.15) is 11.6 Å². The molecule has 1 aliphatic heterocycles. The molecule has 0 aliphatic carbocycles. The lowest BCUT2D eigenvalue weighted by molar-refractivity contribution is -0.120. The Morgan fingerprint density at radius 2 is 1.83 bits per heavy atom. The maximum atomic E-state index is 13.2. The molecule has 30 heavy (non-hydrogen) atoms. The molecule has 2 aromatic rings. The van der Waals surface area contributed by atoms with Gasteiger partial charge in [-0.05, 0) is 38.5 Å². The van der Waals surface area contributed by atoms with Crippen LogP contribution in [0.3, 0.4) is 0 Å². The summed E-state index contributed by atoms with van der Waals surface area (Å²) in [7, 11) is 0. The molecule has 1 aliphatic rings. The number of fused-ring (bicyclic) bond motifs is 1. The highest BCUT2D eigenvalue weighted by Crippen LogP contribution is 2.28. The molecule has 0 bridgehead atoms. The number of rotatable bonds is 6. The number of benzene rings is 2. The van der Waals surface area contributed by atoms with Gasteiger partial charge in [0, 0.05) is 13.1 Å². The number of anilines is 2. The average molecular weight is 412 g/mol. The van der Waals surface area contributed by atoms with Crippen LogP contribution in [0.2, 0.25) is 0 Å². The first-order valence-electron chi connectivity index (χ1n) is 10.1. The van der Waals surface area contributed by atoms with Crippen molar-refractivity contribution in [1.29, 1.82) is 0 Å². The van der Waals surface area contributed by atoms with Crippen molar-refractivity contribution in [2.45, 2.75) is 39.0 Å². The fourth-order valence-electron chi connectivity index (χ4n) is 3.18. The number of nitrogens with one attached hydrogen (secondary N) is 2. The van der Waals surface area contributed by atoms with Crippen molar-refractivity contribution in [3.05, 3.63) is 60.2 Å². The molecule has 2 aromatic carbocycles. The third kappa shape index (κ3) is 5.97. The number of nitrogens with zero attached hydrogens (tertiary/aromatic N) is 1. The van der Waals surface area contributed by atoms with Crippen LogP contribution in [-0.4, -0.2) is 43.3 Å². The summed E-state index contributed by atoms with van der Waals surface area (Å²) in [6.07, 6.45) is -0.617. The Kier molecular flexibility index (Phi) is 6.95. The highest BCUT2D eigenvalue weighted by molar-refractivity contribution is 6.02. The summed E-state index contributed by atoms with van der Waals surface area (Å²) in [6, 6.07) is 16.7. The van der Waals surface area contributed by atoms with Gasteiger partial charge in [0.05, 0.1) is 24.6 Å². The lowest BCUT2D eigenvalue weighted by atomic mass is 10.2. The zero-order valence-corrected chi connectivity index (χ0v) is 17.7. The summed E-state index contributed by atoms with van der Waals surface area (Å²) < 4.78 is 11.1. The second kappa shape index (κ2) is 9.63. The number of alkyl carbamates (subject to hydrolysis) is 1. The topological polar surface area (TPSA) is 79.9 Å². The van der Waals surface area contributed by atoms with Gasteiger partial charge < -0.3 is 25.0 Å². The molecule has 2 amide bonds. The van der Waals surface area contributed by atoms with E-state index in [9.17, 15) is 9.59 Å². The van der Waals surface area contributed by atoms with Crippen molar-refractivity contribution in [3.8, 4) is 0 Å². The van der Waals surface area contributed by atoms with Gasteiger partial charge >= 0.3 is 6.09 Å². The third-order valence-corrected chi connectivity index (χ3v) is 4.52. The molecular formula is C23H29N3O4. The van der Waals surface area contributed by atoms with Crippen LogP contribution >= 0.6 is 0 Å². The van der Waals surface area contributed by atoms with Gasteiger partial charge in [0.15, 0.2) is 0 Å².